The molecule has 0 aromatic carbocycles. The van der Waals surface area contributed by atoms with Crippen LogP contribution in [0.5, 0.6) is 0 Å². The van der Waals surface area contributed by atoms with Crippen LogP contribution in [-0.2, 0) is 4.79 Å². The molecule has 6 heteroatoms. The summed E-state index contributed by atoms with van der Waals surface area (Å²) in [6.07, 6.45) is 1.19. The molecule has 2 heterocycles. The number of likely N-dealkylation sites (tertiary alicyclic amines) is 1. The molecular formula is C12H13NO4S. The minimum atomic E-state index is -0.968. The summed E-state index contributed by atoms with van der Waals surface area (Å²) in [4.78, 5) is 36.1. The third-order valence-electron chi connectivity index (χ3n) is 3.02. The molecule has 1 aromatic heterocycles. The van der Waals surface area contributed by atoms with E-state index in [1.54, 1.807) is 5.38 Å². The maximum atomic E-state index is 12.2. The number of ketones is 1. The zero-order valence-electron chi connectivity index (χ0n) is 9.88. The maximum absolute atomic E-state index is 12.2. The zero-order valence-corrected chi connectivity index (χ0v) is 10.7. The Kier molecular flexibility index (Phi) is 3.47. The molecule has 0 unspecified atom stereocenters. The van der Waals surface area contributed by atoms with E-state index >= 15 is 0 Å². The van der Waals surface area contributed by atoms with Crippen LogP contribution in [0, 0.1) is 0 Å². The molecule has 1 aromatic rings. The van der Waals surface area contributed by atoms with Gasteiger partial charge in [-0.1, -0.05) is 0 Å². The first-order chi connectivity index (χ1) is 8.50. The molecule has 0 bridgehead atoms. The van der Waals surface area contributed by atoms with Crippen molar-refractivity contribution in [1.82, 2.24) is 4.90 Å². The summed E-state index contributed by atoms with van der Waals surface area (Å²) in [7, 11) is 0. The highest BCUT2D eigenvalue weighted by Gasteiger charge is 2.34. The van der Waals surface area contributed by atoms with Crippen LogP contribution in [0.3, 0.4) is 0 Å². The van der Waals surface area contributed by atoms with Crippen LogP contribution in [-0.4, -0.2) is 40.3 Å². The molecule has 0 spiro atoms. The van der Waals surface area contributed by atoms with Gasteiger partial charge >= 0.3 is 5.97 Å². The minimum absolute atomic E-state index is 0.0958. The van der Waals surface area contributed by atoms with Gasteiger partial charge in [0.15, 0.2) is 5.78 Å². The van der Waals surface area contributed by atoms with Gasteiger partial charge in [0.2, 0.25) is 0 Å². The largest absolute Gasteiger partial charge is 0.480 e. The number of carboxylic acids is 1. The summed E-state index contributed by atoms with van der Waals surface area (Å²) < 4.78 is 0. The predicted octanol–water partition coefficient (Wildman–Crippen LogP) is 1.64. The number of carbonyl (C=O) groups is 3. The van der Waals surface area contributed by atoms with Crippen molar-refractivity contribution in [3.63, 3.8) is 0 Å². The van der Waals surface area contributed by atoms with Gasteiger partial charge in [-0.05, 0) is 25.8 Å². The number of carbonyl (C=O) groups excluding carboxylic acids is 2. The summed E-state index contributed by atoms with van der Waals surface area (Å²) in [6, 6.07) is 0.799. The van der Waals surface area contributed by atoms with E-state index in [0.29, 0.717) is 29.8 Å². The topological polar surface area (TPSA) is 74.7 Å². The van der Waals surface area contributed by atoms with Crippen LogP contribution in [0.2, 0.25) is 0 Å². The Bertz CT molecular complexity index is 508. The lowest BCUT2D eigenvalue weighted by molar-refractivity contribution is -0.141. The molecule has 1 saturated heterocycles. The minimum Gasteiger partial charge on any atom is -0.480 e. The lowest BCUT2D eigenvalue weighted by Crippen LogP contribution is -2.40. The third kappa shape index (κ3) is 2.28. The van der Waals surface area contributed by atoms with E-state index in [1.807, 2.05) is 0 Å². The van der Waals surface area contributed by atoms with Gasteiger partial charge in [0, 0.05) is 17.5 Å². The van der Waals surface area contributed by atoms with Crippen LogP contribution >= 0.6 is 11.3 Å². The molecule has 18 heavy (non-hydrogen) atoms. The number of hydrogen-bond donors (Lipinski definition) is 1. The fourth-order valence-corrected chi connectivity index (χ4v) is 2.94. The molecule has 5 nitrogen and oxygen atoms in total. The second kappa shape index (κ2) is 4.89. The fourth-order valence-electron chi connectivity index (χ4n) is 2.04. The standard InChI is InChI=1S/C12H13NO4S/c1-7(14)8-5-10(18-6-8)11(15)13-4-2-3-9(13)12(16)17/h5-6,9H,2-4H2,1H3,(H,16,17)/t9-/m0/s1. The lowest BCUT2D eigenvalue weighted by atomic mass is 10.2. The van der Waals surface area contributed by atoms with Crippen LogP contribution in [0.15, 0.2) is 11.4 Å². The second-order valence-electron chi connectivity index (χ2n) is 4.25. The monoisotopic (exact) mass is 267 g/mol. The van der Waals surface area contributed by atoms with Gasteiger partial charge in [0.1, 0.15) is 6.04 Å². The van der Waals surface area contributed by atoms with E-state index in [0.717, 1.165) is 0 Å². The molecule has 1 aliphatic heterocycles. The Labute approximate surface area is 108 Å². The van der Waals surface area contributed by atoms with Crippen molar-refractivity contribution in [3.05, 3.63) is 21.9 Å². The van der Waals surface area contributed by atoms with E-state index in [2.05, 4.69) is 0 Å². The van der Waals surface area contributed by atoms with Crippen molar-refractivity contribution in [1.29, 1.82) is 0 Å². The van der Waals surface area contributed by atoms with E-state index in [1.165, 1.54) is 29.2 Å². The van der Waals surface area contributed by atoms with Crippen LogP contribution < -0.4 is 0 Å². The number of thiophene rings is 1. The average molecular weight is 267 g/mol. The molecule has 1 fully saturated rings. The fraction of sp³-hybridized carbons (Fsp3) is 0.417. The highest BCUT2D eigenvalue weighted by Crippen LogP contribution is 2.23. The molecule has 1 N–H and O–H groups in total. The first-order valence-electron chi connectivity index (χ1n) is 5.64. The van der Waals surface area contributed by atoms with Crippen molar-refractivity contribution in [2.45, 2.75) is 25.8 Å². The first-order valence-corrected chi connectivity index (χ1v) is 6.52. The highest BCUT2D eigenvalue weighted by atomic mass is 32.1. The number of hydrogen-bond acceptors (Lipinski definition) is 4. The normalized spacial score (nSPS) is 18.9. The van der Waals surface area contributed by atoms with Gasteiger partial charge in [-0.3, -0.25) is 9.59 Å². The average Bonchev–Trinajstić information content (AvgIpc) is 2.97. The van der Waals surface area contributed by atoms with Gasteiger partial charge in [0.05, 0.1) is 4.88 Å². The Balaban J connectivity index is 2.20. The zero-order chi connectivity index (χ0) is 13.3. The van der Waals surface area contributed by atoms with Crippen molar-refractivity contribution in [2.75, 3.05) is 6.54 Å². The number of carboxylic acid groups (broad SMARTS) is 1. The van der Waals surface area contributed by atoms with Gasteiger partial charge in [-0.25, -0.2) is 4.79 Å². The van der Waals surface area contributed by atoms with Gasteiger partial charge < -0.3 is 10.0 Å². The lowest BCUT2D eigenvalue weighted by Gasteiger charge is -2.20. The van der Waals surface area contributed by atoms with Crippen molar-refractivity contribution < 1.29 is 19.5 Å². The van der Waals surface area contributed by atoms with E-state index in [9.17, 15) is 14.4 Å². The third-order valence-corrected chi connectivity index (χ3v) is 3.93. The number of rotatable bonds is 3. The van der Waals surface area contributed by atoms with Crippen molar-refractivity contribution in [3.8, 4) is 0 Å². The van der Waals surface area contributed by atoms with E-state index in [4.69, 9.17) is 5.11 Å². The van der Waals surface area contributed by atoms with Gasteiger partial charge in [-0.15, -0.1) is 11.3 Å². The summed E-state index contributed by atoms with van der Waals surface area (Å²) in [5, 5.41) is 10.7. The molecule has 1 aliphatic rings. The van der Waals surface area contributed by atoms with E-state index in [-0.39, 0.29) is 11.7 Å². The first kappa shape index (κ1) is 12.8. The van der Waals surface area contributed by atoms with E-state index < -0.39 is 12.0 Å². The molecule has 96 valence electrons. The SMILES string of the molecule is CC(=O)c1csc(C(=O)N2CCC[C@H]2C(=O)O)c1. The Morgan fingerprint density at radius 1 is 1.44 bits per heavy atom. The molecular weight excluding hydrogens is 254 g/mol. The van der Waals surface area contributed by atoms with Gasteiger partial charge in [-0.2, -0.15) is 0 Å². The smallest absolute Gasteiger partial charge is 0.326 e. The Morgan fingerprint density at radius 3 is 2.72 bits per heavy atom. The molecule has 0 saturated carbocycles. The summed E-state index contributed by atoms with van der Waals surface area (Å²) in [5.41, 5.74) is 0.495. The van der Waals surface area contributed by atoms with Gasteiger partial charge in [0.25, 0.3) is 5.91 Å². The van der Waals surface area contributed by atoms with Crippen LogP contribution in [0.1, 0.15) is 39.8 Å². The predicted molar refractivity (Wildman–Crippen MR) is 66.0 cm³/mol. The summed E-state index contributed by atoms with van der Waals surface area (Å²) >= 11 is 1.18. The van der Waals surface area contributed by atoms with Crippen LogP contribution in [0.4, 0.5) is 0 Å². The van der Waals surface area contributed by atoms with Crippen molar-refractivity contribution >= 4 is 29.0 Å². The van der Waals surface area contributed by atoms with Crippen molar-refractivity contribution in [2.24, 2.45) is 0 Å². The Morgan fingerprint density at radius 2 is 2.17 bits per heavy atom. The molecule has 1 amide bonds. The second-order valence-corrected chi connectivity index (χ2v) is 5.16. The number of Topliss-reactive ketones (excluding diaryl/α,β-unsaturated/α-hetero) is 1. The quantitative estimate of drug-likeness (QED) is 0.845. The molecule has 2 rings (SSSR count). The number of aliphatic carboxylic acids is 1. The maximum Gasteiger partial charge on any atom is 0.326 e. The van der Waals surface area contributed by atoms with Crippen LogP contribution in [0.25, 0.3) is 0 Å². The molecule has 0 radical (unpaired) electrons. The molecule has 1 atom stereocenters. The highest BCUT2D eigenvalue weighted by molar-refractivity contribution is 7.12. The number of nitrogens with zero attached hydrogens (tertiary/aromatic N) is 1. The summed E-state index contributed by atoms with van der Waals surface area (Å²) in [5.74, 6) is -1.36. The summed E-state index contributed by atoms with van der Waals surface area (Å²) in [6.45, 7) is 1.90. The molecule has 0 aliphatic carbocycles. The Hall–Kier alpha value is -1.69. The number of amides is 1.